The van der Waals surface area contributed by atoms with Gasteiger partial charge in [-0.2, -0.15) is 0 Å². The molecule has 1 saturated heterocycles. The molecule has 0 bridgehead atoms. The maximum Gasteiger partial charge on any atom is 0.238 e. The van der Waals surface area contributed by atoms with Crippen molar-refractivity contribution in [2.45, 2.75) is 13.0 Å². The number of ether oxygens (including phenoxy) is 1. The van der Waals surface area contributed by atoms with Crippen LogP contribution in [0.3, 0.4) is 0 Å². The number of benzene rings is 2. The highest BCUT2D eigenvalue weighted by Gasteiger charge is 2.23. The maximum atomic E-state index is 12.3. The zero-order chi connectivity index (χ0) is 17.6. The van der Waals surface area contributed by atoms with Crippen LogP contribution in [0.4, 0.5) is 5.69 Å². The highest BCUT2D eigenvalue weighted by atomic mass is 16.5. The van der Waals surface area contributed by atoms with Gasteiger partial charge in [0.25, 0.3) is 0 Å². The Morgan fingerprint density at radius 1 is 1.16 bits per heavy atom. The van der Waals surface area contributed by atoms with Crippen molar-refractivity contribution >= 4 is 17.4 Å². The van der Waals surface area contributed by atoms with E-state index in [1.54, 1.807) is 24.3 Å². The van der Waals surface area contributed by atoms with E-state index in [1.807, 2.05) is 30.3 Å². The lowest BCUT2D eigenvalue weighted by Gasteiger charge is -2.32. The second-order valence-electron chi connectivity index (χ2n) is 6.19. The standard InChI is InChI=1S/C20H22N2O3/c1-15(23)17-8-5-9-18(12-17)21-20(24)14-22-10-11-25-19(13-22)16-6-3-2-4-7-16/h2-9,12,19H,10-11,13-14H2,1H3,(H,21,24)/t19-/m0/s1. The average Bonchev–Trinajstić information content (AvgIpc) is 2.63. The number of amides is 1. The Labute approximate surface area is 147 Å². The van der Waals surface area contributed by atoms with Gasteiger partial charge >= 0.3 is 0 Å². The monoisotopic (exact) mass is 338 g/mol. The third kappa shape index (κ3) is 4.75. The summed E-state index contributed by atoms with van der Waals surface area (Å²) in [7, 11) is 0. The van der Waals surface area contributed by atoms with Gasteiger partial charge in [0, 0.05) is 24.3 Å². The zero-order valence-electron chi connectivity index (χ0n) is 14.3. The van der Waals surface area contributed by atoms with Crippen LogP contribution in [-0.4, -0.2) is 42.8 Å². The van der Waals surface area contributed by atoms with Gasteiger partial charge in [-0.25, -0.2) is 0 Å². The third-order valence-electron chi connectivity index (χ3n) is 4.24. The first-order valence-electron chi connectivity index (χ1n) is 8.41. The minimum absolute atomic E-state index is 0.0104. The molecule has 0 saturated carbocycles. The fraction of sp³-hybridized carbons (Fsp3) is 0.300. The summed E-state index contributed by atoms with van der Waals surface area (Å²) in [5.41, 5.74) is 2.36. The summed E-state index contributed by atoms with van der Waals surface area (Å²) < 4.78 is 5.83. The smallest absolute Gasteiger partial charge is 0.238 e. The van der Waals surface area contributed by atoms with Gasteiger partial charge in [-0.3, -0.25) is 14.5 Å². The molecule has 0 aromatic heterocycles. The van der Waals surface area contributed by atoms with Crippen LogP contribution in [0.1, 0.15) is 28.9 Å². The van der Waals surface area contributed by atoms with E-state index in [4.69, 9.17) is 4.74 Å². The van der Waals surface area contributed by atoms with Crippen LogP contribution in [0.25, 0.3) is 0 Å². The van der Waals surface area contributed by atoms with E-state index in [1.165, 1.54) is 6.92 Å². The molecule has 2 aromatic carbocycles. The van der Waals surface area contributed by atoms with Crippen LogP contribution < -0.4 is 5.32 Å². The van der Waals surface area contributed by atoms with Gasteiger partial charge in [0.05, 0.1) is 19.3 Å². The molecule has 130 valence electrons. The average molecular weight is 338 g/mol. The minimum atomic E-state index is -0.0885. The fourth-order valence-corrected chi connectivity index (χ4v) is 2.94. The number of carbonyl (C=O) groups is 2. The predicted molar refractivity (Wildman–Crippen MR) is 96.7 cm³/mol. The van der Waals surface area contributed by atoms with Crippen LogP contribution in [-0.2, 0) is 9.53 Å². The van der Waals surface area contributed by atoms with Crippen molar-refractivity contribution in [2.24, 2.45) is 0 Å². The van der Waals surface area contributed by atoms with Gasteiger partial charge in [-0.15, -0.1) is 0 Å². The Bertz CT molecular complexity index is 746. The van der Waals surface area contributed by atoms with Crippen LogP contribution >= 0.6 is 0 Å². The first kappa shape index (κ1) is 17.3. The molecule has 1 atom stereocenters. The lowest BCUT2D eigenvalue weighted by atomic mass is 10.1. The summed E-state index contributed by atoms with van der Waals surface area (Å²) in [6, 6.07) is 17.0. The van der Waals surface area contributed by atoms with Gasteiger partial charge in [0.2, 0.25) is 5.91 Å². The second-order valence-corrected chi connectivity index (χ2v) is 6.19. The van der Waals surface area contributed by atoms with E-state index in [-0.39, 0.29) is 17.8 Å². The fourth-order valence-electron chi connectivity index (χ4n) is 2.94. The number of ketones is 1. The molecule has 0 radical (unpaired) electrons. The van der Waals surface area contributed by atoms with E-state index in [0.717, 1.165) is 12.1 Å². The lowest BCUT2D eigenvalue weighted by molar-refractivity contribution is -0.119. The van der Waals surface area contributed by atoms with Crippen LogP contribution in [0.15, 0.2) is 54.6 Å². The Kier molecular flexibility index (Phi) is 5.58. The van der Waals surface area contributed by atoms with E-state index in [0.29, 0.717) is 30.9 Å². The molecule has 1 aliphatic rings. The second kappa shape index (κ2) is 8.05. The van der Waals surface area contributed by atoms with Crippen molar-refractivity contribution in [2.75, 3.05) is 31.6 Å². The van der Waals surface area contributed by atoms with Crippen molar-refractivity contribution in [1.29, 1.82) is 0 Å². The number of rotatable bonds is 5. The number of carbonyl (C=O) groups excluding carboxylic acids is 2. The largest absolute Gasteiger partial charge is 0.371 e. The Hall–Kier alpha value is -2.50. The van der Waals surface area contributed by atoms with Gasteiger partial charge < -0.3 is 10.1 Å². The molecular formula is C20H22N2O3. The van der Waals surface area contributed by atoms with E-state index >= 15 is 0 Å². The summed E-state index contributed by atoms with van der Waals surface area (Å²) in [6.07, 6.45) is -0.0104. The number of morpholine rings is 1. The first-order valence-corrected chi connectivity index (χ1v) is 8.41. The molecule has 1 aliphatic heterocycles. The quantitative estimate of drug-likeness (QED) is 0.852. The summed E-state index contributed by atoms with van der Waals surface area (Å²) in [5, 5.41) is 2.87. The zero-order valence-corrected chi connectivity index (χ0v) is 14.3. The molecular weight excluding hydrogens is 316 g/mol. The molecule has 1 fully saturated rings. The highest BCUT2D eigenvalue weighted by molar-refractivity contribution is 5.97. The molecule has 1 N–H and O–H groups in total. The number of hydrogen-bond donors (Lipinski definition) is 1. The molecule has 0 aliphatic carbocycles. The molecule has 1 heterocycles. The highest BCUT2D eigenvalue weighted by Crippen LogP contribution is 2.21. The minimum Gasteiger partial charge on any atom is -0.371 e. The predicted octanol–water partition coefficient (Wildman–Crippen LogP) is 2.90. The van der Waals surface area contributed by atoms with Crippen LogP contribution in [0.5, 0.6) is 0 Å². The Balaban J connectivity index is 1.57. The molecule has 0 spiro atoms. The number of hydrogen-bond acceptors (Lipinski definition) is 4. The molecule has 2 aromatic rings. The van der Waals surface area contributed by atoms with Crippen molar-refractivity contribution < 1.29 is 14.3 Å². The van der Waals surface area contributed by atoms with E-state index in [2.05, 4.69) is 10.2 Å². The Morgan fingerprint density at radius 2 is 1.96 bits per heavy atom. The number of anilines is 1. The van der Waals surface area contributed by atoms with Crippen molar-refractivity contribution in [3.05, 3.63) is 65.7 Å². The third-order valence-corrected chi connectivity index (χ3v) is 4.24. The summed E-state index contributed by atoms with van der Waals surface area (Å²) in [5.74, 6) is -0.107. The van der Waals surface area contributed by atoms with E-state index in [9.17, 15) is 9.59 Å². The Morgan fingerprint density at radius 3 is 2.72 bits per heavy atom. The molecule has 1 amide bonds. The molecule has 0 unspecified atom stereocenters. The van der Waals surface area contributed by atoms with Gasteiger partial charge in [0.15, 0.2) is 5.78 Å². The lowest BCUT2D eigenvalue weighted by Crippen LogP contribution is -2.42. The topological polar surface area (TPSA) is 58.6 Å². The summed E-state index contributed by atoms with van der Waals surface area (Å²) in [6.45, 7) is 3.83. The molecule has 25 heavy (non-hydrogen) atoms. The van der Waals surface area contributed by atoms with Crippen molar-refractivity contribution in [1.82, 2.24) is 4.90 Å². The van der Waals surface area contributed by atoms with Crippen LogP contribution in [0.2, 0.25) is 0 Å². The number of Topliss-reactive ketones (excluding diaryl/α,β-unsaturated/α-hetero) is 1. The van der Waals surface area contributed by atoms with E-state index < -0.39 is 0 Å². The normalized spacial score (nSPS) is 17.9. The summed E-state index contributed by atoms with van der Waals surface area (Å²) >= 11 is 0. The van der Waals surface area contributed by atoms with Gasteiger partial charge in [-0.05, 0) is 24.6 Å². The van der Waals surface area contributed by atoms with Crippen molar-refractivity contribution in [3.63, 3.8) is 0 Å². The van der Waals surface area contributed by atoms with Crippen molar-refractivity contribution in [3.8, 4) is 0 Å². The number of nitrogens with one attached hydrogen (secondary N) is 1. The molecule has 3 rings (SSSR count). The van der Waals surface area contributed by atoms with Crippen LogP contribution in [0, 0.1) is 0 Å². The number of nitrogens with zero attached hydrogens (tertiary/aromatic N) is 1. The first-order chi connectivity index (χ1) is 12.1. The molecule has 5 heteroatoms. The SMILES string of the molecule is CC(=O)c1cccc(NC(=O)CN2CCO[C@H](c3ccccc3)C2)c1. The maximum absolute atomic E-state index is 12.3. The van der Waals surface area contributed by atoms with Gasteiger partial charge in [-0.1, -0.05) is 42.5 Å². The molecule has 5 nitrogen and oxygen atoms in total. The summed E-state index contributed by atoms with van der Waals surface area (Å²) in [4.78, 5) is 25.9. The van der Waals surface area contributed by atoms with Gasteiger partial charge in [0.1, 0.15) is 0 Å².